The Hall–Kier alpha value is -1.10. The largest absolute Gasteiger partial charge is 0.324 e. The number of aromatic nitrogens is 1. The van der Waals surface area contributed by atoms with Crippen LogP contribution in [0.1, 0.15) is 19.8 Å². The van der Waals surface area contributed by atoms with E-state index in [4.69, 9.17) is 0 Å². The summed E-state index contributed by atoms with van der Waals surface area (Å²) in [6, 6.07) is 1.76. The van der Waals surface area contributed by atoms with Gasteiger partial charge >= 0.3 is 6.03 Å². The van der Waals surface area contributed by atoms with E-state index in [0.29, 0.717) is 5.92 Å². The van der Waals surface area contributed by atoms with Crippen LogP contribution in [0.5, 0.6) is 0 Å². The summed E-state index contributed by atoms with van der Waals surface area (Å²) in [7, 11) is 0. The summed E-state index contributed by atoms with van der Waals surface area (Å²) in [4.78, 5) is 17.9. The van der Waals surface area contributed by atoms with Gasteiger partial charge in [0.15, 0.2) is 0 Å². The van der Waals surface area contributed by atoms with Crippen molar-refractivity contribution in [1.82, 2.24) is 9.88 Å². The summed E-state index contributed by atoms with van der Waals surface area (Å²) >= 11 is 3.36. The van der Waals surface area contributed by atoms with E-state index in [2.05, 4.69) is 33.2 Å². The van der Waals surface area contributed by atoms with Gasteiger partial charge in [-0.3, -0.25) is 4.98 Å². The third kappa shape index (κ3) is 3.19. The molecule has 0 saturated carbocycles. The fourth-order valence-electron chi connectivity index (χ4n) is 2.04. The van der Waals surface area contributed by atoms with Gasteiger partial charge in [0, 0.05) is 25.5 Å². The van der Waals surface area contributed by atoms with Gasteiger partial charge in [-0.25, -0.2) is 4.79 Å². The molecule has 0 aliphatic carbocycles. The molecule has 17 heavy (non-hydrogen) atoms. The average molecular weight is 298 g/mol. The third-order valence-electron chi connectivity index (χ3n) is 2.96. The average Bonchev–Trinajstić information content (AvgIpc) is 2.32. The molecule has 2 heterocycles. The summed E-state index contributed by atoms with van der Waals surface area (Å²) in [5, 5.41) is 2.90. The van der Waals surface area contributed by atoms with Crippen LogP contribution in [0.3, 0.4) is 0 Å². The van der Waals surface area contributed by atoms with Crippen LogP contribution in [0.25, 0.3) is 0 Å². The molecule has 1 aliphatic heterocycles. The van der Waals surface area contributed by atoms with Crippen molar-refractivity contribution in [2.24, 2.45) is 5.92 Å². The molecule has 1 N–H and O–H groups in total. The highest BCUT2D eigenvalue weighted by Crippen LogP contribution is 2.21. The number of carbonyl (C=O) groups is 1. The van der Waals surface area contributed by atoms with Crippen LogP contribution in [0.4, 0.5) is 10.5 Å². The molecule has 0 spiro atoms. The number of halogens is 1. The van der Waals surface area contributed by atoms with Gasteiger partial charge in [-0.15, -0.1) is 0 Å². The maximum atomic E-state index is 12.0. The summed E-state index contributed by atoms with van der Waals surface area (Å²) in [5.41, 5.74) is 0.767. The van der Waals surface area contributed by atoms with E-state index in [1.54, 1.807) is 18.5 Å². The smallest absolute Gasteiger partial charge is 0.321 e. The standard InChI is InChI=1S/C12H16BrN3O/c1-9-3-2-6-16(8-9)12(17)15-11-4-5-14-7-10(11)13/h4-5,7,9H,2-3,6,8H2,1H3,(H,14,15,17). The van der Waals surface area contributed by atoms with Crippen LogP contribution in [0.15, 0.2) is 22.9 Å². The molecular weight excluding hydrogens is 282 g/mol. The molecule has 1 aromatic heterocycles. The van der Waals surface area contributed by atoms with Gasteiger partial charge in [0.2, 0.25) is 0 Å². The van der Waals surface area contributed by atoms with Crippen LogP contribution < -0.4 is 5.32 Å². The lowest BCUT2D eigenvalue weighted by atomic mass is 10.0. The lowest BCUT2D eigenvalue weighted by molar-refractivity contribution is 0.182. The first kappa shape index (κ1) is 12.4. The number of amides is 2. The SMILES string of the molecule is CC1CCCN(C(=O)Nc2ccncc2Br)C1. The van der Waals surface area contributed by atoms with Crippen LogP contribution in [0.2, 0.25) is 0 Å². The van der Waals surface area contributed by atoms with E-state index in [-0.39, 0.29) is 6.03 Å². The molecule has 1 fully saturated rings. The second-order valence-electron chi connectivity index (χ2n) is 4.48. The Labute approximate surface area is 110 Å². The van der Waals surface area contributed by atoms with E-state index < -0.39 is 0 Å². The van der Waals surface area contributed by atoms with Gasteiger partial charge in [-0.05, 0) is 40.8 Å². The number of piperidine rings is 1. The highest BCUT2D eigenvalue weighted by molar-refractivity contribution is 9.10. The Kier molecular flexibility index (Phi) is 3.99. The lowest BCUT2D eigenvalue weighted by Crippen LogP contribution is -2.41. The first-order chi connectivity index (χ1) is 8.16. The highest BCUT2D eigenvalue weighted by Gasteiger charge is 2.21. The van der Waals surface area contributed by atoms with Crippen molar-refractivity contribution in [2.45, 2.75) is 19.8 Å². The Morgan fingerprint density at radius 1 is 1.65 bits per heavy atom. The van der Waals surface area contributed by atoms with Crippen molar-refractivity contribution in [3.63, 3.8) is 0 Å². The molecule has 4 nitrogen and oxygen atoms in total. The van der Waals surface area contributed by atoms with Gasteiger partial charge in [0.05, 0.1) is 10.2 Å². The second-order valence-corrected chi connectivity index (χ2v) is 5.33. The van der Waals surface area contributed by atoms with Crippen LogP contribution in [-0.2, 0) is 0 Å². The van der Waals surface area contributed by atoms with Gasteiger partial charge in [-0.2, -0.15) is 0 Å². The van der Waals surface area contributed by atoms with E-state index in [9.17, 15) is 4.79 Å². The molecule has 1 saturated heterocycles. The predicted octanol–water partition coefficient (Wildman–Crippen LogP) is 3.11. The number of carbonyl (C=O) groups excluding carboxylic acids is 1. The van der Waals surface area contributed by atoms with Crippen molar-refractivity contribution < 1.29 is 4.79 Å². The number of pyridine rings is 1. The fourth-order valence-corrected chi connectivity index (χ4v) is 2.39. The topological polar surface area (TPSA) is 45.2 Å². The molecule has 0 radical (unpaired) electrons. The summed E-state index contributed by atoms with van der Waals surface area (Å²) in [5.74, 6) is 0.593. The summed E-state index contributed by atoms with van der Waals surface area (Å²) in [6.45, 7) is 3.87. The Morgan fingerprint density at radius 3 is 3.18 bits per heavy atom. The van der Waals surface area contributed by atoms with Crippen LogP contribution >= 0.6 is 15.9 Å². The number of likely N-dealkylation sites (tertiary alicyclic amines) is 1. The number of nitrogens with zero attached hydrogens (tertiary/aromatic N) is 2. The van der Waals surface area contributed by atoms with Gasteiger partial charge in [-0.1, -0.05) is 6.92 Å². The van der Waals surface area contributed by atoms with E-state index in [1.807, 2.05) is 4.90 Å². The first-order valence-electron chi connectivity index (χ1n) is 5.82. The summed E-state index contributed by atoms with van der Waals surface area (Å²) < 4.78 is 0.804. The van der Waals surface area contributed by atoms with Crippen LogP contribution in [-0.4, -0.2) is 29.0 Å². The molecule has 2 rings (SSSR count). The Morgan fingerprint density at radius 2 is 2.47 bits per heavy atom. The lowest BCUT2D eigenvalue weighted by Gasteiger charge is -2.31. The highest BCUT2D eigenvalue weighted by atomic mass is 79.9. The Balaban J connectivity index is 1.99. The summed E-state index contributed by atoms with van der Waals surface area (Å²) in [6.07, 6.45) is 5.64. The normalized spacial score (nSPS) is 20.1. The molecule has 92 valence electrons. The van der Waals surface area contributed by atoms with E-state index >= 15 is 0 Å². The number of urea groups is 1. The molecule has 1 unspecified atom stereocenters. The zero-order valence-electron chi connectivity index (χ0n) is 9.82. The maximum absolute atomic E-state index is 12.0. The molecule has 2 amide bonds. The van der Waals surface area contributed by atoms with Crippen molar-refractivity contribution >= 4 is 27.6 Å². The molecular formula is C12H16BrN3O. The molecule has 0 aromatic carbocycles. The molecule has 1 aliphatic rings. The van der Waals surface area contributed by atoms with Crippen molar-refractivity contribution in [3.05, 3.63) is 22.9 Å². The third-order valence-corrected chi connectivity index (χ3v) is 3.59. The Bertz CT molecular complexity index is 410. The van der Waals surface area contributed by atoms with Crippen molar-refractivity contribution in [1.29, 1.82) is 0 Å². The fraction of sp³-hybridized carbons (Fsp3) is 0.500. The molecule has 1 atom stereocenters. The zero-order valence-corrected chi connectivity index (χ0v) is 11.4. The number of hydrogen-bond donors (Lipinski definition) is 1. The minimum absolute atomic E-state index is 0.0246. The number of rotatable bonds is 1. The van der Waals surface area contributed by atoms with E-state index in [1.165, 1.54) is 6.42 Å². The maximum Gasteiger partial charge on any atom is 0.321 e. The van der Waals surface area contributed by atoms with Crippen molar-refractivity contribution in [3.8, 4) is 0 Å². The number of hydrogen-bond acceptors (Lipinski definition) is 2. The monoisotopic (exact) mass is 297 g/mol. The second kappa shape index (κ2) is 5.49. The van der Waals surface area contributed by atoms with Gasteiger partial charge in [0.25, 0.3) is 0 Å². The minimum Gasteiger partial charge on any atom is -0.324 e. The van der Waals surface area contributed by atoms with E-state index in [0.717, 1.165) is 29.7 Å². The van der Waals surface area contributed by atoms with Gasteiger partial charge < -0.3 is 10.2 Å². The minimum atomic E-state index is -0.0246. The quantitative estimate of drug-likeness (QED) is 0.866. The molecule has 0 bridgehead atoms. The van der Waals surface area contributed by atoms with Crippen molar-refractivity contribution in [2.75, 3.05) is 18.4 Å². The van der Waals surface area contributed by atoms with Crippen LogP contribution in [0, 0.1) is 5.92 Å². The zero-order chi connectivity index (χ0) is 12.3. The number of anilines is 1. The number of nitrogens with one attached hydrogen (secondary N) is 1. The first-order valence-corrected chi connectivity index (χ1v) is 6.61. The van der Waals surface area contributed by atoms with Gasteiger partial charge in [0.1, 0.15) is 0 Å². The molecule has 1 aromatic rings. The predicted molar refractivity (Wildman–Crippen MR) is 70.9 cm³/mol. The molecule has 5 heteroatoms.